The van der Waals surface area contributed by atoms with Gasteiger partial charge in [0.15, 0.2) is 0 Å². The fourth-order valence-corrected chi connectivity index (χ4v) is 2.23. The molecule has 0 unspecified atom stereocenters. The lowest BCUT2D eigenvalue weighted by molar-refractivity contribution is -0.173. The Labute approximate surface area is 120 Å². The third-order valence-corrected chi connectivity index (χ3v) is 4.05. The summed E-state index contributed by atoms with van der Waals surface area (Å²) in [6.07, 6.45) is 6.78. The lowest BCUT2D eigenvalue weighted by Gasteiger charge is -2.35. The average Bonchev–Trinajstić information content (AvgIpc) is 2.43. The molecule has 2 atom stereocenters. The molecule has 0 aromatic rings. The minimum absolute atomic E-state index is 0.261. The van der Waals surface area contributed by atoms with Gasteiger partial charge in [-0.1, -0.05) is 0 Å². The zero-order valence-electron chi connectivity index (χ0n) is 12.8. The van der Waals surface area contributed by atoms with Crippen LogP contribution in [0.3, 0.4) is 0 Å². The molecule has 0 saturated carbocycles. The van der Waals surface area contributed by atoms with Crippen molar-refractivity contribution in [3.8, 4) is 0 Å². The van der Waals surface area contributed by atoms with E-state index >= 15 is 0 Å². The fraction of sp³-hybridized carbons (Fsp3) is 0.688. The summed E-state index contributed by atoms with van der Waals surface area (Å²) in [5, 5.41) is 0. The molecule has 0 spiro atoms. The molecular formula is C16H24O4. The number of esters is 1. The van der Waals surface area contributed by atoms with E-state index in [1.54, 1.807) is 19.4 Å². The van der Waals surface area contributed by atoms with Crippen molar-refractivity contribution in [3.05, 3.63) is 23.7 Å². The van der Waals surface area contributed by atoms with Crippen molar-refractivity contribution in [2.45, 2.75) is 64.6 Å². The monoisotopic (exact) mass is 280 g/mol. The van der Waals surface area contributed by atoms with Crippen molar-refractivity contribution < 1.29 is 19.0 Å². The number of ether oxygens (including phenoxy) is 3. The summed E-state index contributed by atoms with van der Waals surface area (Å²) < 4.78 is 16.7. The Balaban J connectivity index is 1.89. The van der Waals surface area contributed by atoms with Crippen LogP contribution in [0.5, 0.6) is 0 Å². The van der Waals surface area contributed by atoms with E-state index in [-0.39, 0.29) is 12.6 Å². The van der Waals surface area contributed by atoms with Crippen LogP contribution in [0, 0.1) is 0 Å². The van der Waals surface area contributed by atoms with E-state index in [4.69, 9.17) is 14.2 Å². The van der Waals surface area contributed by atoms with Gasteiger partial charge in [-0.15, -0.1) is 0 Å². The molecular weight excluding hydrogens is 256 g/mol. The minimum atomic E-state index is -0.865. The second-order valence-corrected chi connectivity index (χ2v) is 6.42. The SMILES string of the molecule is CC1=CO[C@@](C)(COC(=O)[C@]2(C)CCC(C)=CO2)CC1. The van der Waals surface area contributed by atoms with Crippen LogP contribution in [0.25, 0.3) is 0 Å². The van der Waals surface area contributed by atoms with Crippen molar-refractivity contribution in [1.82, 2.24) is 0 Å². The van der Waals surface area contributed by atoms with E-state index in [1.165, 1.54) is 5.57 Å². The Morgan fingerprint density at radius 2 is 1.75 bits per heavy atom. The van der Waals surface area contributed by atoms with E-state index in [9.17, 15) is 4.79 Å². The highest BCUT2D eigenvalue weighted by atomic mass is 16.6. The van der Waals surface area contributed by atoms with Crippen molar-refractivity contribution >= 4 is 5.97 Å². The highest BCUT2D eigenvalue weighted by Crippen LogP contribution is 2.30. The van der Waals surface area contributed by atoms with E-state index in [1.807, 2.05) is 20.8 Å². The normalized spacial score (nSPS) is 33.4. The summed E-state index contributed by atoms with van der Waals surface area (Å²) in [5.41, 5.74) is 1.08. The van der Waals surface area contributed by atoms with Gasteiger partial charge in [0.1, 0.15) is 12.2 Å². The highest BCUT2D eigenvalue weighted by molar-refractivity contribution is 5.79. The molecule has 0 saturated heterocycles. The van der Waals surface area contributed by atoms with E-state index < -0.39 is 11.2 Å². The summed E-state index contributed by atoms with van der Waals surface area (Å²) >= 11 is 0. The Bertz CT molecular complexity index is 451. The number of allylic oxidation sites excluding steroid dienone is 2. The molecule has 2 heterocycles. The first-order valence-corrected chi connectivity index (χ1v) is 7.17. The summed E-state index contributed by atoms with van der Waals surface area (Å²) in [6.45, 7) is 8.05. The van der Waals surface area contributed by atoms with E-state index in [0.29, 0.717) is 6.42 Å². The second-order valence-electron chi connectivity index (χ2n) is 6.42. The van der Waals surface area contributed by atoms with Gasteiger partial charge >= 0.3 is 5.97 Å². The van der Waals surface area contributed by atoms with Crippen molar-refractivity contribution in [3.63, 3.8) is 0 Å². The third-order valence-electron chi connectivity index (χ3n) is 4.05. The fourth-order valence-electron chi connectivity index (χ4n) is 2.23. The standard InChI is InChI=1S/C16H24O4/c1-12-5-7-15(3,19-9-12)11-18-14(17)16(4)8-6-13(2)10-20-16/h9-10H,5-8,11H2,1-4H3/t15-,16+/m1/s1. The predicted octanol–water partition coefficient (Wildman–Crippen LogP) is 3.48. The smallest absolute Gasteiger partial charge is 0.350 e. The molecule has 0 aliphatic carbocycles. The average molecular weight is 280 g/mol. The molecule has 4 heteroatoms. The molecule has 0 aromatic heterocycles. The Kier molecular flexibility index (Phi) is 4.11. The molecule has 112 valence electrons. The third kappa shape index (κ3) is 3.35. The quantitative estimate of drug-likeness (QED) is 0.742. The molecule has 0 bridgehead atoms. The molecule has 0 aromatic carbocycles. The van der Waals surface area contributed by atoms with Crippen molar-refractivity contribution in [1.29, 1.82) is 0 Å². The predicted molar refractivity (Wildman–Crippen MR) is 75.9 cm³/mol. The summed E-state index contributed by atoms with van der Waals surface area (Å²) in [5.74, 6) is -0.308. The first-order chi connectivity index (χ1) is 9.33. The number of rotatable bonds is 3. The maximum Gasteiger partial charge on any atom is 0.350 e. The van der Waals surface area contributed by atoms with Crippen LogP contribution >= 0.6 is 0 Å². The molecule has 0 amide bonds. The van der Waals surface area contributed by atoms with Crippen LogP contribution in [0.2, 0.25) is 0 Å². The Morgan fingerprint density at radius 3 is 2.25 bits per heavy atom. The van der Waals surface area contributed by atoms with Crippen LogP contribution in [0.15, 0.2) is 23.7 Å². The van der Waals surface area contributed by atoms with Gasteiger partial charge in [-0.3, -0.25) is 0 Å². The van der Waals surface area contributed by atoms with E-state index in [2.05, 4.69) is 0 Å². The minimum Gasteiger partial charge on any atom is -0.492 e. The first-order valence-electron chi connectivity index (χ1n) is 7.17. The molecule has 4 nitrogen and oxygen atoms in total. The van der Waals surface area contributed by atoms with Crippen LogP contribution in [-0.4, -0.2) is 23.8 Å². The highest BCUT2D eigenvalue weighted by Gasteiger charge is 2.40. The topological polar surface area (TPSA) is 44.8 Å². The van der Waals surface area contributed by atoms with Gasteiger partial charge in [0.2, 0.25) is 5.60 Å². The zero-order chi connectivity index (χ0) is 14.8. The number of carbonyl (C=O) groups excluding carboxylic acids is 1. The molecule has 0 N–H and O–H groups in total. The second kappa shape index (κ2) is 5.51. The van der Waals surface area contributed by atoms with Gasteiger partial charge in [-0.2, -0.15) is 0 Å². The lowest BCUT2D eigenvalue weighted by Crippen LogP contribution is -2.44. The van der Waals surface area contributed by atoms with Gasteiger partial charge in [0, 0.05) is 6.42 Å². The maximum absolute atomic E-state index is 12.2. The first kappa shape index (κ1) is 14.9. The van der Waals surface area contributed by atoms with Gasteiger partial charge in [-0.05, 0) is 58.1 Å². The van der Waals surface area contributed by atoms with Crippen LogP contribution in [-0.2, 0) is 19.0 Å². The molecule has 2 rings (SSSR count). The Hall–Kier alpha value is -1.45. The van der Waals surface area contributed by atoms with Crippen LogP contribution in [0.1, 0.15) is 53.4 Å². The van der Waals surface area contributed by atoms with E-state index in [0.717, 1.165) is 24.8 Å². The van der Waals surface area contributed by atoms with Crippen LogP contribution in [0.4, 0.5) is 0 Å². The van der Waals surface area contributed by atoms with Gasteiger partial charge < -0.3 is 14.2 Å². The number of hydrogen-bond donors (Lipinski definition) is 0. The Morgan fingerprint density at radius 1 is 1.15 bits per heavy atom. The molecule has 2 aliphatic rings. The molecule has 0 fully saturated rings. The van der Waals surface area contributed by atoms with Crippen molar-refractivity contribution in [2.24, 2.45) is 0 Å². The van der Waals surface area contributed by atoms with Gasteiger partial charge in [0.25, 0.3) is 0 Å². The van der Waals surface area contributed by atoms with Crippen molar-refractivity contribution in [2.75, 3.05) is 6.61 Å². The molecule has 0 radical (unpaired) electrons. The summed E-state index contributed by atoms with van der Waals surface area (Å²) in [6, 6.07) is 0. The van der Waals surface area contributed by atoms with Gasteiger partial charge in [0.05, 0.1) is 12.5 Å². The summed E-state index contributed by atoms with van der Waals surface area (Å²) in [7, 11) is 0. The zero-order valence-corrected chi connectivity index (χ0v) is 12.8. The van der Waals surface area contributed by atoms with Gasteiger partial charge in [-0.25, -0.2) is 4.79 Å². The number of carbonyl (C=O) groups is 1. The summed E-state index contributed by atoms with van der Waals surface area (Å²) in [4.78, 5) is 12.2. The molecule has 20 heavy (non-hydrogen) atoms. The van der Waals surface area contributed by atoms with Crippen LogP contribution < -0.4 is 0 Å². The number of hydrogen-bond acceptors (Lipinski definition) is 4. The molecule has 2 aliphatic heterocycles. The lowest BCUT2D eigenvalue weighted by atomic mass is 9.94. The largest absolute Gasteiger partial charge is 0.492 e. The maximum atomic E-state index is 12.2.